The molecular formula is C15H31NO. The Morgan fingerprint density at radius 2 is 1.76 bits per heavy atom. The summed E-state index contributed by atoms with van der Waals surface area (Å²) in [6, 6.07) is 0.725. The fourth-order valence-corrected chi connectivity index (χ4v) is 2.87. The maximum atomic E-state index is 9.19. The Balaban J connectivity index is 2.11. The van der Waals surface area contributed by atoms with Gasteiger partial charge in [-0.05, 0) is 63.3 Å². The van der Waals surface area contributed by atoms with Gasteiger partial charge in [0.2, 0.25) is 0 Å². The third kappa shape index (κ3) is 5.87. The molecule has 0 heterocycles. The highest BCUT2D eigenvalue weighted by Crippen LogP contribution is 2.37. The van der Waals surface area contributed by atoms with Gasteiger partial charge < -0.3 is 10.4 Å². The van der Waals surface area contributed by atoms with E-state index in [4.69, 9.17) is 0 Å². The zero-order valence-corrected chi connectivity index (χ0v) is 12.1. The van der Waals surface area contributed by atoms with Crippen LogP contribution in [0.1, 0.15) is 66.2 Å². The summed E-state index contributed by atoms with van der Waals surface area (Å²) in [4.78, 5) is 0. The SMILES string of the molecule is CC(O)CCCNC1CCC(C(C)(C)C)CC1. The summed E-state index contributed by atoms with van der Waals surface area (Å²) in [5.41, 5.74) is 0.483. The average molecular weight is 241 g/mol. The second kappa shape index (κ2) is 6.75. The van der Waals surface area contributed by atoms with E-state index in [1.54, 1.807) is 0 Å². The van der Waals surface area contributed by atoms with Crippen LogP contribution < -0.4 is 5.32 Å². The Hall–Kier alpha value is -0.0800. The van der Waals surface area contributed by atoms with Crippen LogP contribution in [-0.2, 0) is 0 Å². The highest BCUT2D eigenvalue weighted by molar-refractivity contribution is 4.83. The number of nitrogens with one attached hydrogen (secondary N) is 1. The van der Waals surface area contributed by atoms with Crippen LogP contribution in [0.15, 0.2) is 0 Å². The highest BCUT2D eigenvalue weighted by atomic mass is 16.3. The van der Waals surface area contributed by atoms with Crippen LogP contribution in [0.2, 0.25) is 0 Å². The summed E-state index contributed by atoms with van der Waals surface area (Å²) in [6.45, 7) is 10.0. The molecule has 0 aromatic carbocycles. The summed E-state index contributed by atoms with van der Waals surface area (Å²) in [5.74, 6) is 0.901. The van der Waals surface area contributed by atoms with Gasteiger partial charge in [-0.2, -0.15) is 0 Å². The van der Waals surface area contributed by atoms with E-state index in [0.29, 0.717) is 5.41 Å². The first kappa shape index (κ1) is 15.0. The van der Waals surface area contributed by atoms with Gasteiger partial charge in [-0.3, -0.25) is 0 Å². The zero-order chi connectivity index (χ0) is 12.9. The Bertz CT molecular complexity index is 199. The van der Waals surface area contributed by atoms with Crippen LogP contribution in [0.25, 0.3) is 0 Å². The zero-order valence-electron chi connectivity index (χ0n) is 12.1. The molecule has 0 saturated heterocycles. The van der Waals surface area contributed by atoms with Gasteiger partial charge >= 0.3 is 0 Å². The van der Waals surface area contributed by atoms with Gasteiger partial charge in [-0.1, -0.05) is 20.8 Å². The minimum atomic E-state index is -0.145. The van der Waals surface area contributed by atoms with E-state index in [0.717, 1.165) is 31.3 Å². The van der Waals surface area contributed by atoms with Crippen LogP contribution in [-0.4, -0.2) is 23.8 Å². The standard InChI is InChI=1S/C15H31NO/c1-12(17)6-5-11-16-14-9-7-13(8-10-14)15(2,3)4/h12-14,16-17H,5-11H2,1-4H3. The molecule has 0 aliphatic heterocycles. The third-order valence-electron chi connectivity index (χ3n) is 4.18. The van der Waals surface area contributed by atoms with Gasteiger partial charge in [-0.15, -0.1) is 0 Å². The van der Waals surface area contributed by atoms with Crippen molar-refractivity contribution in [3.63, 3.8) is 0 Å². The Morgan fingerprint density at radius 1 is 1.18 bits per heavy atom. The fraction of sp³-hybridized carbons (Fsp3) is 1.00. The molecule has 0 aromatic heterocycles. The third-order valence-corrected chi connectivity index (χ3v) is 4.18. The number of hydrogen-bond donors (Lipinski definition) is 2. The first-order chi connectivity index (χ1) is 7.89. The molecule has 1 aliphatic rings. The molecule has 0 spiro atoms. The van der Waals surface area contributed by atoms with Crippen LogP contribution >= 0.6 is 0 Å². The van der Waals surface area contributed by atoms with E-state index in [9.17, 15) is 5.11 Å². The van der Waals surface area contributed by atoms with E-state index in [2.05, 4.69) is 26.1 Å². The van der Waals surface area contributed by atoms with Gasteiger partial charge in [0, 0.05) is 6.04 Å². The molecule has 0 radical (unpaired) electrons. The van der Waals surface area contributed by atoms with Crippen molar-refractivity contribution >= 4 is 0 Å². The molecule has 0 bridgehead atoms. The topological polar surface area (TPSA) is 32.3 Å². The number of rotatable bonds is 5. The summed E-state index contributed by atoms with van der Waals surface area (Å²) in [5, 5.41) is 12.8. The molecule has 1 rings (SSSR count). The molecule has 2 N–H and O–H groups in total. The first-order valence-corrected chi connectivity index (χ1v) is 7.31. The van der Waals surface area contributed by atoms with Gasteiger partial charge in [0.1, 0.15) is 0 Å². The average Bonchev–Trinajstić information content (AvgIpc) is 2.23. The molecule has 1 fully saturated rings. The molecule has 0 aromatic rings. The quantitative estimate of drug-likeness (QED) is 0.724. The molecular weight excluding hydrogens is 210 g/mol. The number of hydrogen-bond acceptors (Lipinski definition) is 2. The molecule has 17 heavy (non-hydrogen) atoms. The predicted octanol–water partition coefficient (Wildman–Crippen LogP) is 3.34. The van der Waals surface area contributed by atoms with Crippen molar-refractivity contribution < 1.29 is 5.11 Å². The summed E-state index contributed by atoms with van der Waals surface area (Å²) in [7, 11) is 0. The summed E-state index contributed by atoms with van der Waals surface area (Å²) >= 11 is 0. The highest BCUT2D eigenvalue weighted by Gasteiger charge is 2.29. The van der Waals surface area contributed by atoms with Gasteiger partial charge in [0.15, 0.2) is 0 Å². The largest absolute Gasteiger partial charge is 0.393 e. The van der Waals surface area contributed by atoms with Crippen LogP contribution in [0.3, 0.4) is 0 Å². The summed E-state index contributed by atoms with van der Waals surface area (Å²) < 4.78 is 0. The van der Waals surface area contributed by atoms with Crippen molar-refractivity contribution in [2.24, 2.45) is 11.3 Å². The van der Waals surface area contributed by atoms with Crippen molar-refractivity contribution in [3.8, 4) is 0 Å². The lowest BCUT2D eigenvalue weighted by Gasteiger charge is -2.37. The minimum absolute atomic E-state index is 0.145. The predicted molar refractivity (Wildman–Crippen MR) is 74.1 cm³/mol. The van der Waals surface area contributed by atoms with Crippen LogP contribution in [0.4, 0.5) is 0 Å². The van der Waals surface area contributed by atoms with Gasteiger partial charge in [-0.25, -0.2) is 0 Å². The Labute approximate surface area is 107 Å². The normalized spacial score (nSPS) is 28.1. The van der Waals surface area contributed by atoms with E-state index in [1.807, 2.05) is 6.92 Å². The van der Waals surface area contributed by atoms with Crippen molar-refractivity contribution in [2.75, 3.05) is 6.54 Å². The lowest BCUT2D eigenvalue weighted by atomic mass is 9.71. The molecule has 102 valence electrons. The molecule has 1 atom stereocenters. The van der Waals surface area contributed by atoms with Crippen molar-refractivity contribution in [2.45, 2.75) is 78.4 Å². The van der Waals surface area contributed by atoms with Crippen molar-refractivity contribution in [1.82, 2.24) is 5.32 Å². The second-order valence-electron chi connectivity index (χ2n) is 6.86. The van der Waals surface area contributed by atoms with Crippen LogP contribution in [0, 0.1) is 11.3 Å². The first-order valence-electron chi connectivity index (χ1n) is 7.31. The minimum Gasteiger partial charge on any atom is -0.393 e. The summed E-state index contributed by atoms with van der Waals surface area (Å²) in [6.07, 6.45) is 7.28. The van der Waals surface area contributed by atoms with E-state index in [1.165, 1.54) is 25.7 Å². The van der Waals surface area contributed by atoms with Crippen molar-refractivity contribution in [1.29, 1.82) is 0 Å². The lowest BCUT2D eigenvalue weighted by molar-refractivity contribution is 0.157. The fourth-order valence-electron chi connectivity index (χ4n) is 2.87. The number of aliphatic hydroxyl groups excluding tert-OH is 1. The molecule has 2 heteroatoms. The molecule has 1 saturated carbocycles. The molecule has 0 amide bonds. The maximum absolute atomic E-state index is 9.19. The van der Waals surface area contributed by atoms with Gasteiger partial charge in [0.25, 0.3) is 0 Å². The lowest BCUT2D eigenvalue weighted by Crippen LogP contribution is -2.36. The molecule has 1 aliphatic carbocycles. The van der Waals surface area contributed by atoms with Crippen molar-refractivity contribution in [3.05, 3.63) is 0 Å². The number of aliphatic hydroxyl groups is 1. The van der Waals surface area contributed by atoms with E-state index < -0.39 is 0 Å². The van der Waals surface area contributed by atoms with E-state index >= 15 is 0 Å². The second-order valence-corrected chi connectivity index (χ2v) is 6.86. The Morgan fingerprint density at radius 3 is 2.24 bits per heavy atom. The maximum Gasteiger partial charge on any atom is 0.0512 e. The molecule has 2 nitrogen and oxygen atoms in total. The smallest absolute Gasteiger partial charge is 0.0512 e. The van der Waals surface area contributed by atoms with Gasteiger partial charge in [0.05, 0.1) is 6.10 Å². The molecule has 1 unspecified atom stereocenters. The van der Waals surface area contributed by atoms with Crippen LogP contribution in [0.5, 0.6) is 0 Å². The van der Waals surface area contributed by atoms with E-state index in [-0.39, 0.29) is 6.10 Å². The monoisotopic (exact) mass is 241 g/mol. The Kier molecular flexibility index (Phi) is 5.94.